The van der Waals surface area contributed by atoms with Gasteiger partial charge in [0.1, 0.15) is 5.82 Å². The maximum absolute atomic E-state index is 12.8. The molecule has 2 aliphatic rings. The van der Waals surface area contributed by atoms with Crippen LogP contribution in [0.25, 0.3) is 0 Å². The van der Waals surface area contributed by atoms with Gasteiger partial charge in [-0.1, -0.05) is 18.6 Å². The fourth-order valence-corrected chi connectivity index (χ4v) is 4.33. The van der Waals surface area contributed by atoms with E-state index < -0.39 is 6.03 Å². The van der Waals surface area contributed by atoms with Crippen LogP contribution in [0.2, 0.25) is 0 Å². The van der Waals surface area contributed by atoms with Gasteiger partial charge in [0, 0.05) is 12.6 Å². The molecule has 25 heavy (non-hydrogen) atoms. The molecular weight excluding hydrogens is 321 g/mol. The van der Waals surface area contributed by atoms with E-state index in [1.807, 2.05) is 0 Å². The van der Waals surface area contributed by atoms with E-state index in [1.165, 1.54) is 37.8 Å². The Morgan fingerprint density at radius 3 is 2.56 bits per heavy atom. The van der Waals surface area contributed by atoms with Gasteiger partial charge in [0.05, 0.1) is 6.54 Å². The molecule has 2 aliphatic carbocycles. The van der Waals surface area contributed by atoms with E-state index in [1.54, 1.807) is 12.1 Å². The number of carbonyl (C=O) groups is 2. The van der Waals surface area contributed by atoms with Crippen LogP contribution in [0.3, 0.4) is 0 Å². The summed E-state index contributed by atoms with van der Waals surface area (Å²) in [5.41, 5.74) is 0.797. The molecule has 6 heteroatoms. The third kappa shape index (κ3) is 4.71. The van der Waals surface area contributed by atoms with Crippen LogP contribution in [-0.2, 0) is 11.3 Å². The smallest absolute Gasteiger partial charge is 0.315 e. The Morgan fingerprint density at radius 2 is 1.92 bits per heavy atom. The molecule has 2 saturated carbocycles. The number of hydrogen-bond acceptors (Lipinski definition) is 2. The molecular formula is C19H26FN3O2. The van der Waals surface area contributed by atoms with Gasteiger partial charge in [-0.15, -0.1) is 0 Å². The molecule has 2 fully saturated rings. The quantitative estimate of drug-likeness (QED) is 0.740. The molecule has 0 radical (unpaired) electrons. The molecule has 0 saturated heterocycles. The molecule has 1 aromatic rings. The van der Waals surface area contributed by atoms with Crippen LogP contribution in [0.15, 0.2) is 24.3 Å². The van der Waals surface area contributed by atoms with Crippen LogP contribution in [0.1, 0.15) is 38.2 Å². The third-order valence-corrected chi connectivity index (χ3v) is 5.60. The van der Waals surface area contributed by atoms with Crippen LogP contribution in [0.4, 0.5) is 9.18 Å². The zero-order valence-electron chi connectivity index (χ0n) is 14.6. The first-order chi connectivity index (χ1) is 12.0. The van der Waals surface area contributed by atoms with Gasteiger partial charge in [-0.05, 0) is 61.6 Å². The summed E-state index contributed by atoms with van der Waals surface area (Å²) in [5, 5.41) is 8.23. The molecule has 0 unspecified atom stereocenters. The molecule has 1 aromatic carbocycles. The van der Waals surface area contributed by atoms with Crippen molar-refractivity contribution in [2.45, 2.75) is 45.2 Å². The predicted octanol–water partition coefficient (Wildman–Crippen LogP) is 2.57. The Hall–Kier alpha value is -2.11. The average molecular weight is 347 g/mol. The number of nitrogens with one attached hydrogen (secondary N) is 3. The van der Waals surface area contributed by atoms with Gasteiger partial charge in [0.2, 0.25) is 5.91 Å². The summed E-state index contributed by atoms with van der Waals surface area (Å²) in [6, 6.07) is 5.66. The molecule has 4 atom stereocenters. The Kier molecular flexibility index (Phi) is 5.56. The summed E-state index contributed by atoms with van der Waals surface area (Å²) in [6.45, 7) is 2.31. The van der Waals surface area contributed by atoms with Crippen molar-refractivity contribution >= 4 is 11.9 Å². The summed E-state index contributed by atoms with van der Waals surface area (Å²) in [7, 11) is 0. The van der Waals surface area contributed by atoms with Crippen molar-refractivity contribution < 1.29 is 14.0 Å². The number of carbonyl (C=O) groups excluding carboxylic acids is 2. The minimum atomic E-state index is -0.410. The topological polar surface area (TPSA) is 70.2 Å². The second kappa shape index (κ2) is 7.85. The summed E-state index contributed by atoms with van der Waals surface area (Å²) in [6.07, 6.45) is 5.17. The lowest BCUT2D eigenvalue weighted by atomic mass is 9.84. The molecule has 2 bridgehead atoms. The minimum absolute atomic E-state index is 0.0413. The molecule has 3 N–H and O–H groups in total. The Bertz CT molecular complexity index is 620. The first-order valence-electron chi connectivity index (χ1n) is 9.06. The fraction of sp³-hybridized carbons (Fsp3) is 0.579. The zero-order valence-corrected chi connectivity index (χ0v) is 14.6. The van der Waals surface area contributed by atoms with Crippen molar-refractivity contribution in [1.82, 2.24) is 16.0 Å². The number of halogens is 1. The maximum Gasteiger partial charge on any atom is 0.315 e. The van der Waals surface area contributed by atoms with Gasteiger partial charge in [-0.25, -0.2) is 9.18 Å². The van der Waals surface area contributed by atoms with Crippen LogP contribution >= 0.6 is 0 Å². The van der Waals surface area contributed by atoms with E-state index in [2.05, 4.69) is 22.9 Å². The fourth-order valence-electron chi connectivity index (χ4n) is 4.33. The van der Waals surface area contributed by atoms with Crippen molar-refractivity contribution in [2.24, 2.45) is 17.8 Å². The zero-order chi connectivity index (χ0) is 17.8. The number of amides is 3. The summed E-state index contributed by atoms with van der Waals surface area (Å²) >= 11 is 0. The predicted molar refractivity (Wildman–Crippen MR) is 93.2 cm³/mol. The maximum atomic E-state index is 12.8. The molecule has 0 heterocycles. The normalized spacial score (nSPS) is 25.4. The summed E-state index contributed by atoms with van der Waals surface area (Å²) in [4.78, 5) is 23.8. The lowest BCUT2D eigenvalue weighted by molar-refractivity contribution is -0.121. The minimum Gasteiger partial charge on any atom is -0.352 e. The highest BCUT2D eigenvalue weighted by molar-refractivity contribution is 5.84. The van der Waals surface area contributed by atoms with Gasteiger partial charge in [-0.2, -0.15) is 0 Å². The number of benzene rings is 1. The molecule has 0 spiro atoms. The van der Waals surface area contributed by atoms with Gasteiger partial charge >= 0.3 is 6.03 Å². The van der Waals surface area contributed by atoms with Gasteiger partial charge in [0.25, 0.3) is 0 Å². The standard InChI is InChI=1S/C19H26FN3O2/c1-12(17-9-14-2-5-15(17)8-14)23-18(24)11-22-19(25)21-10-13-3-6-16(20)7-4-13/h3-4,6-7,12,14-15,17H,2,5,8-11H2,1H3,(H,23,24)(H2,21,22,25)/t12-,14+,15+,17+/m1/s1. The van der Waals surface area contributed by atoms with E-state index >= 15 is 0 Å². The Morgan fingerprint density at radius 1 is 1.16 bits per heavy atom. The number of urea groups is 1. The van der Waals surface area contributed by atoms with Crippen molar-refractivity contribution in [3.8, 4) is 0 Å². The second-order valence-corrected chi connectivity index (χ2v) is 7.36. The van der Waals surface area contributed by atoms with Gasteiger partial charge in [0.15, 0.2) is 0 Å². The third-order valence-electron chi connectivity index (χ3n) is 5.60. The average Bonchev–Trinajstić information content (AvgIpc) is 3.23. The van der Waals surface area contributed by atoms with E-state index in [0.717, 1.165) is 17.4 Å². The monoisotopic (exact) mass is 347 g/mol. The molecule has 5 nitrogen and oxygen atoms in total. The number of fused-ring (bicyclic) bond motifs is 2. The van der Waals surface area contributed by atoms with E-state index in [4.69, 9.17) is 0 Å². The molecule has 0 aliphatic heterocycles. The Balaban J connectivity index is 1.34. The second-order valence-electron chi connectivity index (χ2n) is 7.36. The molecule has 3 rings (SSSR count). The first-order valence-corrected chi connectivity index (χ1v) is 9.06. The molecule has 136 valence electrons. The van der Waals surface area contributed by atoms with Crippen LogP contribution in [-0.4, -0.2) is 24.5 Å². The lowest BCUT2D eigenvalue weighted by Gasteiger charge is -2.28. The van der Waals surface area contributed by atoms with Crippen molar-refractivity contribution in [3.05, 3.63) is 35.6 Å². The van der Waals surface area contributed by atoms with Crippen molar-refractivity contribution in [3.63, 3.8) is 0 Å². The van der Waals surface area contributed by atoms with Crippen LogP contribution in [0, 0.1) is 23.6 Å². The first kappa shape index (κ1) is 17.7. The highest BCUT2D eigenvalue weighted by Crippen LogP contribution is 2.49. The van der Waals surface area contributed by atoms with Crippen molar-refractivity contribution in [2.75, 3.05) is 6.54 Å². The highest BCUT2D eigenvalue weighted by Gasteiger charge is 2.42. The largest absolute Gasteiger partial charge is 0.352 e. The summed E-state index contributed by atoms with van der Waals surface area (Å²) in [5.74, 6) is 1.72. The lowest BCUT2D eigenvalue weighted by Crippen LogP contribution is -2.46. The highest BCUT2D eigenvalue weighted by atomic mass is 19.1. The number of hydrogen-bond donors (Lipinski definition) is 3. The summed E-state index contributed by atoms with van der Waals surface area (Å²) < 4.78 is 12.8. The molecule has 3 amide bonds. The van der Waals surface area contributed by atoms with Crippen molar-refractivity contribution in [1.29, 1.82) is 0 Å². The van der Waals surface area contributed by atoms with E-state index in [-0.39, 0.29) is 30.9 Å². The van der Waals surface area contributed by atoms with Gasteiger partial charge < -0.3 is 16.0 Å². The molecule has 0 aromatic heterocycles. The van der Waals surface area contributed by atoms with E-state index in [0.29, 0.717) is 5.92 Å². The number of rotatable bonds is 6. The van der Waals surface area contributed by atoms with Gasteiger partial charge in [-0.3, -0.25) is 4.79 Å². The van der Waals surface area contributed by atoms with Crippen LogP contribution < -0.4 is 16.0 Å². The van der Waals surface area contributed by atoms with Crippen LogP contribution in [0.5, 0.6) is 0 Å². The Labute approximate surface area is 147 Å². The SMILES string of the molecule is C[C@@H](NC(=O)CNC(=O)NCc1ccc(F)cc1)[C@@H]1C[C@H]2CC[C@H]1C2. The van der Waals surface area contributed by atoms with E-state index in [9.17, 15) is 14.0 Å².